The number of anilines is 1. The van der Waals surface area contributed by atoms with E-state index in [1.807, 2.05) is 0 Å². The van der Waals surface area contributed by atoms with Crippen LogP contribution in [0.15, 0.2) is 53.1 Å². The minimum absolute atomic E-state index is 0.139. The molecule has 1 amide bonds. The zero-order chi connectivity index (χ0) is 18.7. The van der Waals surface area contributed by atoms with E-state index in [1.165, 1.54) is 4.68 Å². The van der Waals surface area contributed by atoms with Gasteiger partial charge in [0.2, 0.25) is 0 Å². The third kappa shape index (κ3) is 4.71. The molecule has 0 saturated carbocycles. The minimum atomic E-state index is -0.366. The maximum absolute atomic E-state index is 12.3. The molecule has 0 spiro atoms. The number of carbonyl (C=O) groups excluding carboxylic acids is 1. The van der Waals surface area contributed by atoms with Gasteiger partial charge in [-0.1, -0.05) is 34.8 Å². The number of carbonyl (C=O) groups is 1. The van der Waals surface area contributed by atoms with Gasteiger partial charge < -0.3 is 10.1 Å². The van der Waals surface area contributed by atoms with Gasteiger partial charge in [0, 0.05) is 16.9 Å². The lowest BCUT2D eigenvalue weighted by atomic mass is 10.3. The molecular weight excluding hydrogens is 464 g/mol. The average Bonchev–Trinajstić information content (AvgIpc) is 3.06. The summed E-state index contributed by atoms with van der Waals surface area (Å²) in [6.45, 7) is 0.139. The smallest absolute Gasteiger partial charge is 0.276 e. The van der Waals surface area contributed by atoms with Gasteiger partial charge in [0.25, 0.3) is 5.91 Å². The Morgan fingerprint density at radius 1 is 1.12 bits per heavy atom. The van der Waals surface area contributed by atoms with Gasteiger partial charge in [-0.05, 0) is 58.4 Å². The fourth-order valence-electron chi connectivity index (χ4n) is 2.05. The molecule has 0 atom stereocenters. The van der Waals surface area contributed by atoms with Crippen LogP contribution in [-0.2, 0) is 6.73 Å². The zero-order valence-corrected chi connectivity index (χ0v) is 16.9. The standard InChI is InChI=1S/C17H11BrCl3N3O2/c18-12-7-10(19)1-4-16(12)26-9-24-6-5-15(23-24)17(25)22-11-2-3-13(20)14(21)8-11/h1-8H,9H2,(H,22,25). The topological polar surface area (TPSA) is 56.2 Å². The fraction of sp³-hybridized carbons (Fsp3) is 0.0588. The molecule has 26 heavy (non-hydrogen) atoms. The highest BCUT2D eigenvalue weighted by Crippen LogP contribution is 2.28. The van der Waals surface area contributed by atoms with Crippen LogP contribution in [0, 0.1) is 0 Å². The highest BCUT2D eigenvalue weighted by atomic mass is 79.9. The summed E-state index contributed by atoms with van der Waals surface area (Å²) in [5.74, 6) is 0.251. The van der Waals surface area contributed by atoms with Crippen LogP contribution in [-0.4, -0.2) is 15.7 Å². The van der Waals surface area contributed by atoms with E-state index in [0.29, 0.717) is 26.5 Å². The van der Waals surface area contributed by atoms with E-state index in [4.69, 9.17) is 39.5 Å². The number of nitrogens with zero attached hydrogens (tertiary/aromatic N) is 2. The van der Waals surface area contributed by atoms with Crippen LogP contribution < -0.4 is 10.1 Å². The lowest BCUT2D eigenvalue weighted by Gasteiger charge is -2.08. The van der Waals surface area contributed by atoms with E-state index < -0.39 is 0 Å². The number of rotatable bonds is 5. The van der Waals surface area contributed by atoms with Crippen molar-refractivity contribution in [2.45, 2.75) is 6.73 Å². The first-order chi connectivity index (χ1) is 12.4. The number of benzene rings is 2. The molecule has 5 nitrogen and oxygen atoms in total. The molecule has 0 aliphatic carbocycles. The summed E-state index contributed by atoms with van der Waals surface area (Å²) >= 11 is 21.1. The second kappa shape index (κ2) is 8.31. The van der Waals surface area contributed by atoms with Crippen molar-refractivity contribution in [1.82, 2.24) is 9.78 Å². The third-order valence-electron chi connectivity index (χ3n) is 3.30. The predicted octanol–water partition coefficient (Wildman–Crippen LogP) is 5.89. The first kappa shape index (κ1) is 19.0. The van der Waals surface area contributed by atoms with Crippen molar-refractivity contribution in [2.75, 3.05) is 5.32 Å². The molecular formula is C17H11BrCl3N3O2. The summed E-state index contributed by atoms with van der Waals surface area (Å²) in [7, 11) is 0. The lowest BCUT2D eigenvalue weighted by molar-refractivity contribution is 0.102. The van der Waals surface area contributed by atoms with Crippen molar-refractivity contribution >= 4 is 62.3 Å². The van der Waals surface area contributed by atoms with Crippen LogP contribution in [0.5, 0.6) is 5.75 Å². The van der Waals surface area contributed by atoms with Gasteiger partial charge >= 0.3 is 0 Å². The number of hydrogen-bond donors (Lipinski definition) is 1. The first-order valence-corrected chi connectivity index (χ1v) is 9.23. The normalized spacial score (nSPS) is 10.6. The van der Waals surface area contributed by atoms with Gasteiger partial charge in [-0.25, -0.2) is 4.68 Å². The van der Waals surface area contributed by atoms with Crippen molar-refractivity contribution in [2.24, 2.45) is 0 Å². The molecule has 0 saturated heterocycles. The Labute approximate surface area is 172 Å². The predicted molar refractivity (Wildman–Crippen MR) is 106 cm³/mol. The van der Waals surface area contributed by atoms with Crippen LogP contribution >= 0.6 is 50.7 Å². The van der Waals surface area contributed by atoms with E-state index in [2.05, 4.69) is 26.3 Å². The average molecular weight is 476 g/mol. The summed E-state index contributed by atoms with van der Waals surface area (Å²) in [5, 5.41) is 8.27. The molecule has 2 aromatic carbocycles. The summed E-state index contributed by atoms with van der Waals surface area (Å²) in [6.07, 6.45) is 1.65. The fourth-order valence-corrected chi connectivity index (χ4v) is 3.15. The van der Waals surface area contributed by atoms with Crippen LogP contribution in [0.25, 0.3) is 0 Å². The molecule has 3 rings (SSSR count). The van der Waals surface area contributed by atoms with E-state index in [1.54, 1.807) is 48.7 Å². The zero-order valence-electron chi connectivity index (χ0n) is 13.0. The first-order valence-electron chi connectivity index (χ1n) is 7.30. The second-order valence-electron chi connectivity index (χ2n) is 5.17. The molecule has 1 heterocycles. The van der Waals surface area contributed by atoms with E-state index in [0.717, 1.165) is 4.47 Å². The molecule has 3 aromatic rings. The van der Waals surface area contributed by atoms with E-state index in [9.17, 15) is 4.79 Å². The molecule has 0 aliphatic heterocycles. The molecule has 0 fully saturated rings. The quantitative estimate of drug-likeness (QED) is 0.500. The Morgan fingerprint density at radius 3 is 2.65 bits per heavy atom. The molecule has 134 valence electrons. The largest absolute Gasteiger partial charge is 0.470 e. The van der Waals surface area contributed by atoms with Gasteiger partial charge in [-0.2, -0.15) is 5.10 Å². The Kier molecular flexibility index (Phi) is 6.09. The Morgan fingerprint density at radius 2 is 1.92 bits per heavy atom. The molecule has 0 unspecified atom stereocenters. The molecule has 1 N–H and O–H groups in total. The van der Waals surface area contributed by atoms with Crippen molar-refractivity contribution in [3.8, 4) is 5.75 Å². The van der Waals surface area contributed by atoms with Gasteiger partial charge in [0.1, 0.15) is 5.75 Å². The summed E-state index contributed by atoms with van der Waals surface area (Å²) in [5.41, 5.74) is 0.773. The summed E-state index contributed by atoms with van der Waals surface area (Å²) in [6, 6.07) is 11.6. The highest BCUT2D eigenvalue weighted by Gasteiger charge is 2.11. The van der Waals surface area contributed by atoms with Gasteiger partial charge in [0.05, 0.1) is 14.5 Å². The number of amides is 1. The van der Waals surface area contributed by atoms with Crippen molar-refractivity contribution < 1.29 is 9.53 Å². The molecule has 0 bridgehead atoms. The van der Waals surface area contributed by atoms with Crippen LogP contribution in [0.4, 0.5) is 5.69 Å². The maximum atomic E-state index is 12.3. The van der Waals surface area contributed by atoms with Crippen LogP contribution in [0.2, 0.25) is 15.1 Å². The van der Waals surface area contributed by atoms with Crippen molar-refractivity contribution in [3.63, 3.8) is 0 Å². The molecule has 0 aliphatic rings. The van der Waals surface area contributed by atoms with E-state index in [-0.39, 0.29) is 18.3 Å². The minimum Gasteiger partial charge on any atom is -0.470 e. The molecule has 9 heteroatoms. The van der Waals surface area contributed by atoms with Crippen LogP contribution in [0.3, 0.4) is 0 Å². The maximum Gasteiger partial charge on any atom is 0.276 e. The Hall–Kier alpha value is -1.73. The number of halogens is 4. The molecule has 0 radical (unpaired) electrons. The number of aromatic nitrogens is 2. The van der Waals surface area contributed by atoms with Crippen molar-refractivity contribution in [1.29, 1.82) is 0 Å². The SMILES string of the molecule is O=C(Nc1ccc(Cl)c(Cl)c1)c1ccn(COc2ccc(Cl)cc2Br)n1. The van der Waals surface area contributed by atoms with Gasteiger partial charge in [0.15, 0.2) is 12.4 Å². The summed E-state index contributed by atoms with van der Waals surface area (Å²) in [4.78, 5) is 12.3. The lowest BCUT2D eigenvalue weighted by Crippen LogP contribution is -2.14. The van der Waals surface area contributed by atoms with Crippen molar-refractivity contribution in [3.05, 3.63) is 73.9 Å². The van der Waals surface area contributed by atoms with Crippen LogP contribution in [0.1, 0.15) is 10.5 Å². The number of nitrogens with one attached hydrogen (secondary N) is 1. The monoisotopic (exact) mass is 473 g/mol. The Bertz CT molecular complexity index is 962. The molecule has 1 aromatic heterocycles. The highest BCUT2D eigenvalue weighted by molar-refractivity contribution is 9.10. The van der Waals surface area contributed by atoms with Gasteiger partial charge in [-0.15, -0.1) is 0 Å². The van der Waals surface area contributed by atoms with Gasteiger partial charge in [-0.3, -0.25) is 4.79 Å². The summed E-state index contributed by atoms with van der Waals surface area (Å²) < 4.78 is 7.89. The second-order valence-corrected chi connectivity index (χ2v) is 7.28. The third-order valence-corrected chi connectivity index (χ3v) is 4.89. The number of ether oxygens (including phenoxy) is 1. The Balaban J connectivity index is 1.63. The number of hydrogen-bond acceptors (Lipinski definition) is 3. The van der Waals surface area contributed by atoms with E-state index >= 15 is 0 Å².